The molecule has 3 aromatic carbocycles. The van der Waals surface area contributed by atoms with E-state index in [1.807, 2.05) is 0 Å². The monoisotopic (exact) mass is 1370 g/mol. The maximum absolute atomic E-state index is 14.5. The molecule has 91 heavy (non-hydrogen) atoms. The van der Waals surface area contributed by atoms with Crippen LogP contribution in [0.2, 0.25) is 0 Å². The molecular weight excluding hydrogens is 1290 g/mol. The van der Waals surface area contributed by atoms with Gasteiger partial charge >= 0.3 is 6.09 Å². The summed E-state index contributed by atoms with van der Waals surface area (Å²) in [6.07, 6.45) is -6.96. The van der Waals surface area contributed by atoms with Crippen molar-refractivity contribution < 1.29 is 125 Å². The number of ketones is 1. The van der Waals surface area contributed by atoms with Crippen LogP contribution in [0.5, 0.6) is 23.0 Å². The smallest absolute Gasteiger partial charge is 0.411 e. The molecule has 0 radical (unpaired) electrons. The van der Waals surface area contributed by atoms with Gasteiger partial charge in [0.25, 0.3) is 11.8 Å². The number of fused-ring (bicyclic) bond motifs is 6. The first-order valence-corrected chi connectivity index (χ1v) is 32.3. The summed E-state index contributed by atoms with van der Waals surface area (Å²) in [6.45, 7) is -1.07. The number of benzene rings is 3. The Kier molecular flexibility index (Phi) is 21.0. The Morgan fingerprint density at radius 2 is 1.59 bits per heavy atom. The number of alkyl halides is 1. The van der Waals surface area contributed by atoms with Crippen LogP contribution in [0.3, 0.4) is 0 Å². The summed E-state index contributed by atoms with van der Waals surface area (Å²) in [6, 6.07) is 5.99. The van der Waals surface area contributed by atoms with Crippen molar-refractivity contribution in [1.82, 2.24) is 24.8 Å². The number of aliphatic hydroxyl groups excluding tert-OH is 7. The molecule has 3 fully saturated rings. The normalized spacial score (nSPS) is 26.6. The van der Waals surface area contributed by atoms with Gasteiger partial charge in [-0.2, -0.15) is 0 Å². The predicted molar refractivity (Wildman–Crippen MR) is 312 cm³/mol. The van der Waals surface area contributed by atoms with Gasteiger partial charge in [0.15, 0.2) is 23.3 Å². The predicted octanol–water partition coefficient (Wildman–Crippen LogP) is -0.728. The van der Waals surface area contributed by atoms with Crippen molar-refractivity contribution in [2.75, 3.05) is 110 Å². The summed E-state index contributed by atoms with van der Waals surface area (Å²) in [5, 5.41) is 96.0. The highest BCUT2D eigenvalue weighted by Crippen LogP contribution is 2.69. The van der Waals surface area contributed by atoms with E-state index in [4.69, 9.17) is 56.8 Å². The van der Waals surface area contributed by atoms with E-state index in [9.17, 15) is 68.4 Å². The van der Waals surface area contributed by atoms with Gasteiger partial charge in [0.1, 0.15) is 88.1 Å². The van der Waals surface area contributed by atoms with Crippen molar-refractivity contribution in [3.05, 3.63) is 76.1 Å². The Labute approximate surface area is 528 Å². The maximum Gasteiger partial charge on any atom is 0.411 e. The molecule has 6 heterocycles. The molecule has 10 rings (SSSR count). The molecule has 0 saturated carbocycles. The number of carbonyl (C=O) groups is 4. The van der Waals surface area contributed by atoms with Crippen LogP contribution in [0, 0.1) is 12.8 Å². The van der Waals surface area contributed by atoms with Gasteiger partial charge in [0, 0.05) is 53.2 Å². The van der Waals surface area contributed by atoms with E-state index >= 15 is 0 Å². The first kappa shape index (κ1) is 67.8. The Morgan fingerprint density at radius 3 is 2.25 bits per heavy atom. The first-order valence-electron chi connectivity index (χ1n) is 29.1. The second-order valence-electron chi connectivity index (χ2n) is 22.5. The van der Waals surface area contributed by atoms with Crippen LogP contribution in [0.15, 0.2) is 42.6 Å². The Morgan fingerprint density at radius 1 is 0.901 bits per heavy atom. The number of aryl methyl sites for hydroxylation is 1. The third-order valence-electron chi connectivity index (χ3n) is 16.8. The van der Waals surface area contributed by atoms with Crippen molar-refractivity contribution in [1.29, 1.82) is 0 Å². The molecule has 0 spiro atoms. The summed E-state index contributed by atoms with van der Waals surface area (Å²) in [7, 11) is -2.37. The lowest BCUT2D eigenvalue weighted by Gasteiger charge is -2.57. The number of amides is 3. The van der Waals surface area contributed by atoms with E-state index in [1.165, 1.54) is 48.3 Å². The highest BCUT2D eigenvalue weighted by atomic mass is 79.9. The van der Waals surface area contributed by atoms with Crippen molar-refractivity contribution in [2.45, 2.75) is 99.5 Å². The number of aliphatic hydroxyl groups is 7. The van der Waals surface area contributed by atoms with Crippen molar-refractivity contribution in [3.8, 4) is 28.7 Å². The summed E-state index contributed by atoms with van der Waals surface area (Å²) < 4.78 is 99.5. The molecule has 33 heteroatoms. The third-order valence-corrected chi connectivity index (χ3v) is 18.5. The minimum Gasteiger partial charge on any atom is -0.506 e. The van der Waals surface area contributed by atoms with E-state index < -0.39 is 133 Å². The molecule has 10 atom stereocenters. The number of aromatic nitrogens is 3. The van der Waals surface area contributed by atoms with Crippen LogP contribution in [0.25, 0.3) is 16.5 Å². The minimum absolute atomic E-state index is 0.0122. The summed E-state index contributed by atoms with van der Waals surface area (Å²) in [5.41, 5.74) is -2.13. The average molecular weight is 1370 g/mol. The van der Waals surface area contributed by atoms with Gasteiger partial charge in [-0.15, -0.1) is 5.10 Å². The average Bonchev–Trinajstić information content (AvgIpc) is 1.51. The fourth-order valence-corrected chi connectivity index (χ4v) is 13.8. The zero-order valence-electron chi connectivity index (χ0n) is 49.8. The number of methoxy groups -OCH3 is 1. The van der Waals surface area contributed by atoms with Crippen LogP contribution in [0.4, 0.5) is 4.79 Å². The van der Waals surface area contributed by atoms with E-state index in [0.717, 1.165) is 16.1 Å². The number of phenolic OH excluding ortho intramolecular Hbond substituents is 1. The number of imide groups is 1. The number of phenols is 1. The van der Waals surface area contributed by atoms with Gasteiger partial charge in [-0.1, -0.05) is 27.2 Å². The van der Waals surface area contributed by atoms with E-state index in [-0.39, 0.29) is 122 Å². The SMILES string of the molecule is COc1c2c(c(O)c3c4c(c(C)cc13)C1OC3(C(CO)CO)OC1[C@@](CO)(O4)[C@]3(CBr)OCN(CCS(C)(=O)=O)C(=O)OCc1ccc(O[C@@H]3O[C@H](O)[C@@H](O)[C@H](O)[C@H]3O)c(-n3cc(COCCOCCOCCOCCN4C(=O)C=CC4=O)nn3)c1)C(=O)CCC2. The molecule has 5 aliphatic heterocycles. The molecule has 4 aromatic rings. The summed E-state index contributed by atoms with van der Waals surface area (Å²) >= 11 is 3.54. The van der Waals surface area contributed by atoms with E-state index in [1.54, 1.807) is 13.0 Å². The Balaban J connectivity index is 0.855. The molecule has 3 saturated heterocycles. The number of halogens is 1. The molecule has 1 aromatic heterocycles. The molecule has 3 amide bonds. The fourth-order valence-electron chi connectivity index (χ4n) is 12.2. The van der Waals surface area contributed by atoms with Crippen LogP contribution >= 0.6 is 15.9 Å². The lowest BCUT2D eigenvalue weighted by atomic mass is 9.68. The maximum atomic E-state index is 14.5. The van der Waals surface area contributed by atoms with Gasteiger partial charge in [-0.25, -0.2) is 17.9 Å². The van der Waals surface area contributed by atoms with Crippen molar-refractivity contribution in [3.63, 3.8) is 0 Å². The number of nitrogens with zero attached hydrogens (tertiary/aromatic N) is 5. The molecular formula is C58H72BrN5O26S. The van der Waals surface area contributed by atoms with Crippen LogP contribution in [-0.4, -0.2) is 262 Å². The first-order chi connectivity index (χ1) is 43.6. The number of Topliss-reactive ketones (excluding diaryl/α,β-unsaturated/α-hetero) is 1. The largest absolute Gasteiger partial charge is 0.506 e. The van der Waals surface area contributed by atoms with Gasteiger partial charge in [0.2, 0.25) is 12.1 Å². The quantitative estimate of drug-likeness (QED) is 0.0133. The molecule has 2 bridgehead atoms. The lowest BCUT2D eigenvalue weighted by Crippen LogP contribution is -2.77. The topological polar surface area (TPSA) is 412 Å². The molecule has 8 N–H and O–H groups in total. The highest BCUT2D eigenvalue weighted by molar-refractivity contribution is 9.09. The van der Waals surface area contributed by atoms with E-state index in [0.29, 0.717) is 46.4 Å². The highest BCUT2D eigenvalue weighted by Gasteiger charge is 2.86. The molecule has 1 aliphatic carbocycles. The number of sulfone groups is 1. The molecule has 3 unspecified atom stereocenters. The van der Waals surface area contributed by atoms with Crippen LogP contribution in [0.1, 0.15) is 57.3 Å². The van der Waals surface area contributed by atoms with Gasteiger partial charge in [0.05, 0.1) is 115 Å². The van der Waals surface area contributed by atoms with Crippen LogP contribution in [-0.2, 0) is 81.7 Å². The summed E-state index contributed by atoms with van der Waals surface area (Å²) in [5.74, 6) is -5.39. The lowest BCUT2D eigenvalue weighted by molar-refractivity contribution is -0.336. The third kappa shape index (κ3) is 12.9. The number of ether oxygens (including phenoxy) is 12. The fraction of sp³-hybridized carbons (Fsp3) is 0.586. The zero-order chi connectivity index (χ0) is 65.2. The van der Waals surface area contributed by atoms with E-state index in [2.05, 4.69) is 26.2 Å². The van der Waals surface area contributed by atoms with Crippen molar-refractivity contribution >= 4 is 60.2 Å². The number of rotatable bonds is 31. The second-order valence-corrected chi connectivity index (χ2v) is 25.3. The molecule has 6 aliphatic rings. The molecule has 498 valence electrons. The Hall–Kier alpha value is -6.09. The standard InChI is InChI=1S/C58H72BrN5O26S/c1-31-21-36-44(45(71)43-35(49(36)79-2)5-4-6-38(43)68)50-42(31)51-52-56(29-67,88-50)57(28-59,58(89-51,90-52)33(24-65)25-66)85-30-62(12-20-91(3,77)78)55(76)84-26-32-7-8-39(86-54-48(74)46(72)47(73)53(75)87-54)37(22-32)64-23-34(60-61-64)27-83-19-18-82-17-16-81-15-14-80-13-11-63-40(69)9-10-41(63)70/h7-10,21-23,33,46-48,51-54,65-67,71-75H,4-6,11-20,24-30H2,1-3H3/t46-,47-,48+,51?,52?,53-,54+,56+,57-,58?/m0/s1. The van der Waals surface area contributed by atoms with Gasteiger partial charge in [-0.05, 0) is 49.1 Å². The van der Waals surface area contributed by atoms with Crippen molar-refractivity contribution in [2.24, 2.45) is 5.92 Å². The number of hydrogen-bond donors (Lipinski definition) is 8. The van der Waals surface area contributed by atoms with Gasteiger partial charge in [-0.3, -0.25) is 24.2 Å². The number of aromatic hydroxyl groups is 1. The van der Waals surface area contributed by atoms with Gasteiger partial charge < -0.3 is 97.7 Å². The van der Waals surface area contributed by atoms with Crippen LogP contribution < -0.4 is 14.2 Å². The number of hydrogen-bond acceptors (Lipinski definition) is 28. The Bertz CT molecular complexity index is 3480. The summed E-state index contributed by atoms with van der Waals surface area (Å²) in [4.78, 5) is 53.3. The minimum atomic E-state index is -3.81. The zero-order valence-corrected chi connectivity index (χ0v) is 52.2. The molecule has 31 nitrogen and oxygen atoms in total. The number of carbonyl (C=O) groups excluding carboxylic acids is 4. The second kappa shape index (κ2) is 28.2.